The Labute approximate surface area is 154 Å². The number of amides is 1. The van der Waals surface area contributed by atoms with E-state index in [-0.39, 0.29) is 5.91 Å². The van der Waals surface area contributed by atoms with Crippen LogP contribution in [0.5, 0.6) is 5.75 Å². The Morgan fingerprint density at radius 1 is 1.16 bits per heavy atom. The molecule has 0 aliphatic heterocycles. The van der Waals surface area contributed by atoms with Crippen LogP contribution in [0, 0.1) is 0 Å². The van der Waals surface area contributed by atoms with Crippen molar-refractivity contribution in [3.05, 3.63) is 77.0 Å². The van der Waals surface area contributed by atoms with Crippen LogP contribution >= 0.6 is 15.9 Å². The van der Waals surface area contributed by atoms with Gasteiger partial charge in [-0.05, 0) is 42.0 Å². The average Bonchev–Trinajstić information content (AvgIpc) is 3.10. The molecule has 0 saturated heterocycles. The molecule has 0 radical (unpaired) electrons. The highest BCUT2D eigenvalue weighted by atomic mass is 79.9. The Bertz CT molecular complexity index is 817. The number of aromatic nitrogens is 2. The van der Waals surface area contributed by atoms with Gasteiger partial charge in [-0.3, -0.25) is 9.48 Å². The van der Waals surface area contributed by atoms with Crippen LogP contribution in [0.1, 0.15) is 12.0 Å². The van der Waals surface area contributed by atoms with Crippen molar-refractivity contribution in [3.8, 4) is 5.75 Å². The summed E-state index contributed by atoms with van der Waals surface area (Å²) in [5.74, 6) is 0.667. The third kappa shape index (κ3) is 5.46. The number of hydrogen-bond donors (Lipinski definition) is 1. The van der Waals surface area contributed by atoms with Crippen molar-refractivity contribution in [1.82, 2.24) is 9.78 Å². The first-order valence-electron chi connectivity index (χ1n) is 7.94. The molecule has 0 unspecified atom stereocenters. The highest BCUT2D eigenvalue weighted by Gasteiger charge is 2.04. The highest BCUT2D eigenvalue weighted by Crippen LogP contribution is 2.18. The fourth-order valence-corrected chi connectivity index (χ4v) is 2.69. The molecule has 2 aromatic carbocycles. The smallest absolute Gasteiger partial charge is 0.227 e. The minimum Gasteiger partial charge on any atom is -0.493 e. The molecule has 0 aliphatic carbocycles. The molecule has 1 amide bonds. The number of anilines is 1. The second-order valence-electron chi connectivity index (χ2n) is 5.50. The van der Waals surface area contributed by atoms with Crippen LogP contribution in [-0.2, 0) is 11.3 Å². The van der Waals surface area contributed by atoms with E-state index in [9.17, 15) is 4.79 Å². The van der Waals surface area contributed by atoms with Crippen molar-refractivity contribution >= 4 is 27.5 Å². The Hall–Kier alpha value is -2.60. The molecule has 25 heavy (non-hydrogen) atoms. The number of hydrogen-bond acceptors (Lipinski definition) is 3. The molecule has 0 aliphatic rings. The summed E-state index contributed by atoms with van der Waals surface area (Å²) in [6, 6.07) is 17.2. The van der Waals surface area contributed by atoms with Gasteiger partial charge in [0, 0.05) is 22.6 Å². The van der Waals surface area contributed by atoms with Crippen LogP contribution in [0.25, 0.3) is 0 Å². The molecular weight excluding hydrogens is 382 g/mol. The van der Waals surface area contributed by atoms with E-state index in [0.29, 0.717) is 19.6 Å². The molecule has 0 spiro atoms. The summed E-state index contributed by atoms with van der Waals surface area (Å²) in [4.78, 5) is 12.0. The van der Waals surface area contributed by atoms with E-state index < -0.39 is 0 Å². The van der Waals surface area contributed by atoms with Crippen molar-refractivity contribution < 1.29 is 9.53 Å². The summed E-state index contributed by atoms with van der Waals surface area (Å²) in [6.07, 6.45) is 3.97. The minimum atomic E-state index is -0.0742. The van der Waals surface area contributed by atoms with Gasteiger partial charge in [-0.25, -0.2) is 0 Å². The lowest BCUT2D eigenvalue weighted by Crippen LogP contribution is -2.15. The van der Waals surface area contributed by atoms with Crippen LogP contribution in [0.4, 0.5) is 5.69 Å². The standard InChI is InChI=1S/C19H18BrN3O2/c20-16-3-1-4-18(13-16)25-12-9-19(24)22-17-7-5-15(6-8-17)14-23-11-2-10-21-23/h1-8,10-11,13H,9,12,14H2,(H,22,24). The number of nitrogens with zero attached hydrogens (tertiary/aromatic N) is 2. The lowest BCUT2D eigenvalue weighted by molar-refractivity contribution is -0.116. The zero-order valence-corrected chi connectivity index (χ0v) is 15.1. The van der Waals surface area contributed by atoms with Gasteiger partial charge in [0.15, 0.2) is 0 Å². The monoisotopic (exact) mass is 399 g/mol. The number of benzene rings is 2. The van der Waals surface area contributed by atoms with Crippen molar-refractivity contribution in [3.63, 3.8) is 0 Å². The summed E-state index contributed by atoms with van der Waals surface area (Å²) in [7, 11) is 0. The number of rotatable bonds is 7. The van der Waals surface area contributed by atoms with Gasteiger partial charge in [-0.1, -0.05) is 34.1 Å². The fourth-order valence-electron chi connectivity index (χ4n) is 2.32. The second-order valence-corrected chi connectivity index (χ2v) is 6.42. The SMILES string of the molecule is O=C(CCOc1cccc(Br)c1)Nc1ccc(Cn2cccn2)cc1. The Balaban J connectivity index is 1.44. The zero-order valence-electron chi connectivity index (χ0n) is 13.6. The molecule has 1 N–H and O–H groups in total. The maximum atomic E-state index is 12.0. The summed E-state index contributed by atoms with van der Waals surface area (Å²) in [5.41, 5.74) is 1.90. The van der Waals surface area contributed by atoms with Gasteiger partial charge in [0.05, 0.1) is 19.6 Å². The molecule has 1 heterocycles. The summed E-state index contributed by atoms with van der Waals surface area (Å²) in [5, 5.41) is 7.05. The number of ether oxygens (including phenoxy) is 1. The molecule has 0 fully saturated rings. The van der Waals surface area contributed by atoms with E-state index in [1.165, 1.54) is 0 Å². The topological polar surface area (TPSA) is 56.1 Å². The molecule has 0 atom stereocenters. The van der Waals surface area contributed by atoms with E-state index in [4.69, 9.17) is 4.74 Å². The molecule has 1 aromatic heterocycles. The largest absolute Gasteiger partial charge is 0.493 e. The van der Waals surface area contributed by atoms with Gasteiger partial charge < -0.3 is 10.1 Å². The van der Waals surface area contributed by atoms with Gasteiger partial charge in [0.2, 0.25) is 5.91 Å². The minimum absolute atomic E-state index is 0.0742. The van der Waals surface area contributed by atoms with Crippen molar-refractivity contribution in [2.24, 2.45) is 0 Å². The Kier molecular flexibility index (Phi) is 5.85. The van der Waals surface area contributed by atoms with E-state index >= 15 is 0 Å². The molecule has 5 nitrogen and oxygen atoms in total. The van der Waals surface area contributed by atoms with Crippen molar-refractivity contribution in [2.75, 3.05) is 11.9 Å². The van der Waals surface area contributed by atoms with Crippen molar-refractivity contribution in [2.45, 2.75) is 13.0 Å². The summed E-state index contributed by atoms with van der Waals surface area (Å²) < 4.78 is 8.38. The number of carbonyl (C=O) groups is 1. The molecule has 3 rings (SSSR count). The van der Waals surface area contributed by atoms with Crippen molar-refractivity contribution in [1.29, 1.82) is 0 Å². The summed E-state index contributed by atoms with van der Waals surface area (Å²) in [6.45, 7) is 1.04. The lowest BCUT2D eigenvalue weighted by atomic mass is 10.2. The lowest BCUT2D eigenvalue weighted by Gasteiger charge is -2.08. The van der Waals surface area contributed by atoms with Crippen LogP contribution in [0.2, 0.25) is 0 Å². The first-order valence-corrected chi connectivity index (χ1v) is 8.73. The van der Waals surface area contributed by atoms with Crippen LogP contribution in [0.15, 0.2) is 71.5 Å². The maximum absolute atomic E-state index is 12.0. The normalized spacial score (nSPS) is 10.4. The van der Waals surface area contributed by atoms with Gasteiger partial charge in [0.1, 0.15) is 5.75 Å². The quantitative estimate of drug-likeness (QED) is 0.650. The van der Waals surface area contributed by atoms with Gasteiger partial charge >= 0.3 is 0 Å². The molecule has 3 aromatic rings. The zero-order chi connectivity index (χ0) is 17.5. The highest BCUT2D eigenvalue weighted by molar-refractivity contribution is 9.10. The Morgan fingerprint density at radius 3 is 2.72 bits per heavy atom. The van der Waals surface area contributed by atoms with E-state index in [0.717, 1.165) is 21.5 Å². The van der Waals surface area contributed by atoms with Gasteiger partial charge in [-0.15, -0.1) is 0 Å². The predicted molar refractivity (Wildman–Crippen MR) is 101 cm³/mol. The average molecular weight is 400 g/mol. The number of carbonyl (C=O) groups excluding carboxylic acids is 1. The molecule has 128 valence electrons. The van der Waals surface area contributed by atoms with E-state index in [2.05, 4.69) is 26.3 Å². The van der Waals surface area contributed by atoms with Gasteiger partial charge in [-0.2, -0.15) is 5.10 Å². The third-order valence-corrected chi connectivity index (χ3v) is 4.03. The van der Waals surface area contributed by atoms with Gasteiger partial charge in [0.25, 0.3) is 0 Å². The Morgan fingerprint density at radius 2 is 2.00 bits per heavy atom. The second kappa shape index (κ2) is 8.48. The van der Waals surface area contributed by atoms with Crippen LogP contribution in [0.3, 0.4) is 0 Å². The first kappa shape index (κ1) is 17.2. The summed E-state index contributed by atoms with van der Waals surface area (Å²) >= 11 is 3.39. The predicted octanol–water partition coefficient (Wildman–Crippen LogP) is 4.10. The molecule has 0 bridgehead atoms. The number of nitrogens with one attached hydrogen (secondary N) is 1. The van der Waals surface area contributed by atoms with Crippen LogP contribution in [-0.4, -0.2) is 22.3 Å². The maximum Gasteiger partial charge on any atom is 0.227 e. The van der Waals surface area contributed by atoms with E-state index in [1.807, 2.05) is 65.5 Å². The van der Waals surface area contributed by atoms with E-state index in [1.54, 1.807) is 6.20 Å². The molecule has 0 saturated carbocycles. The third-order valence-electron chi connectivity index (χ3n) is 3.54. The molecular formula is C19H18BrN3O2. The molecule has 6 heteroatoms. The first-order chi connectivity index (χ1) is 12.2. The van der Waals surface area contributed by atoms with Crippen LogP contribution < -0.4 is 10.1 Å². The fraction of sp³-hybridized carbons (Fsp3) is 0.158. The number of halogens is 1.